The number of hydrogen-bond donors (Lipinski definition) is 1. The molecule has 2 N–H and O–H groups in total. The molecule has 0 spiro atoms. The SMILES string of the molecule is COc1ccc(CC[n+]2c(N)c(S(=O)(=O)c3ccc(C)cc3)cc3c(=O)n4ccccc4nc32)cc1OC. The quantitative estimate of drug-likeness (QED) is 0.253. The Balaban J connectivity index is 1.72. The normalized spacial score (nSPS) is 11.7. The fourth-order valence-electron chi connectivity index (χ4n) is 4.44. The summed E-state index contributed by atoms with van der Waals surface area (Å²) >= 11 is 0. The number of nitrogens with zero attached hydrogens (tertiary/aromatic N) is 3. The third kappa shape index (κ3) is 4.32. The van der Waals surface area contributed by atoms with Crippen LogP contribution in [0.4, 0.5) is 5.82 Å². The summed E-state index contributed by atoms with van der Waals surface area (Å²) in [6.07, 6.45) is 2.07. The summed E-state index contributed by atoms with van der Waals surface area (Å²) in [5.74, 6) is 1.18. The van der Waals surface area contributed by atoms with Gasteiger partial charge in [0.05, 0.1) is 25.7 Å². The number of hydrogen-bond acceptors (Lipinski definition) is 7. The van der Waals surface area contributed by atoms with Crippen LogP contribution in [-0.4, -0.2) is 32.0 Å². The van der Waals surface area contributed by atoms with Gasteiger partial charge in [0.1, 0.15) is 10.3 Å². The summed E-state index contributed by atoms with van der Waals surface area (Å²) in [6.45, 7) is 2.14. The van der Waals surface area contributed by atoms with E-state index in [4.69, 9.17) is 15.2 Å². The minimum Gasteiger partial charge on any atom is -0.493 e. The summed E-state index contributed by atoms with van der Waals surface area (Å²) in [7, 11) is -0.908. The lowest BCUT2D eigenvalue weighted by molar-refractivity contribution is -0.659. The number of aryl methyl sites for hydroxylation is 3. The molecule has 0 unspecified atom stereocenters. The third-order valence-electron chi connectivity index (χ3n) is 6.52. The molecule has 0 radical (unpaired) electrons. The minimum atomic E-state index is -4.03. The second kappa shape index (κ2) is 9.79. The number of rotatable bonds is 7. The molecule has 0 aliphatic carbocycles. The average Bonchev–Trinajstić information content (AvgIpc) is 2.92. The van der Waals surface area contributed by atoms with Crippen LogP contribution in [0.1, 0.15) is 11.1 Å². The van der Waals surface area contributed by atoms with Crippen molar-refractivity contribution in [1.29, 1.82) is 0 Å². The van der Waals surface area contributed by atoms with Gasteiger partial charge in [-0.05, 0) is 55.0 Å². The molecule has 9 nitrogen and oxygen atoms in total. The summed E-state index contributed by atoms with van der Waals surface area (Å²) < 4.78 is 41.2. The van der Waals surface area contributed by atoms with E-state index in [1.54, 1.807) is 61.4 Å². The van der Waals surface area contributed by atoms with Gasteiger partial charge in [0.2, 0.25) is 21.3 Å². The lowest BCUT2D eigenvalue weighted by Crippen LogP contribution is -2.42. The molecule has 0 saturated heterocycles. The molecular formula is C28H27N4O5S+. The lowest BCUT2D eigenvalue weighted by atomic mass is 10.1. The van der Waals surface area contributed by atoms with Crippen molar-refractivity contribution in [2.24, 2.45) is 0 Å². The van der Waals surface area contributed by atoms with Gasteiger partial charge >= 0.3 is 0 Å². The van der Waals surface area contributed by atoms with E-state index in [0.717, 1.165) is 11.1 Å². The molecule has 0 fully saturated rings. The van der Waals surface area contributed by atoms with Crippen LogP contribution in [-0.2, 0) is 22.8 Å². The number of sulfone groups is 1. The zero-order valence-corrected chi connectivity index (χ0v) is 22.0. The van der Waals surface area contributed by atoms with Gasteiger partial charge in [-0.15, -0.1) is 0 Å². The van der Waals surface area contributed by atoms with Crippen LogP contribution in [0.3, 0.4) is 0 Å². The van der Waals surface area contributed by atoms with Gasteiger partial charge in [0.25, 0.3) is 11.2 Å². The Hall–Kier alpha value is -4.44. The van der Waals surface area contributed by atoms with E-state index in [9.17, 15) is 13.2 Å². The van der Waals surface area contributed by atoms with E-state index in [0.29, 0.717) is 29.2 Å². The molecule has 194 valence electrons. The molecule has 2 aromatic carbocycles. The zero-order chi connectivity index (χ0) is 27.0. The largest absolute Gasteiger partial charge is 0.493 e. The number of ether oxygens (including phenoxy) is 2. The number of benzene rings is 2. The predicted molar refractivity (Wildman–Crippen MR) is 143 cm³/mol. The summed E-state index contributed by atoms with van der Waals surface area (Å²) in [5, 5.41) is 0.154. The second-order valence-electron chi connectivity index (χ2n) is 8.88. The van der Waals surface area contributed by atoms with Crippen molar-refractivity contribution in [3.8, 4) is 11.5 Å². The van der Waals surface area contributed by atoms with Crippen molar-refractivity contribution in [1.82, 2.24) is 9.38 Å². The summed E-state index contributed by atoms with van der Waals surface area (Å²) in [5.41, 5.74) is 8.74. The lowest BCUT2D eigenvalue weighted by Gasteiger charge is -2.14. The third-order valence-corrected chi connectivity index (χ3v) is 8.31. The van der Waals surface area contributed by atoms with Crippen LogP contribution < -0.4 is 25.3 Å². The van der Waals surface area contributed by atoms with Crippen LogP contribution in [0.2, 0.25) is 0 Å². The smallest absolute Gasteiger partial charge is 0.278 e. The number of nitrogens with two attached hydrogens (primary N) is 1. The number of aromatic nitrogens is 3. The first-order valence-corrected chi connectivity index (χ1v) is 13.4. The van der Waals surface area contributed by atoms with Gasteiger partial charge in [-0.25, -0.2) is 13.0 Å². The summed E-state index contributed by atoms with van der Waals surface area (Å²) in [6, 6.07) is 18.6. The molecule has 0 aliphatic heterocycles. The first-order chi connectivity index (χ1) is 18.2. The van der Waals surface area contributed by atoms with Crippen molar-refractivity contribution in [2.45, 2.75) is 29.7 Å². The van der Waals surface area contributed by atoms with Gasteiger partial charge < -0.3 is 15.2 Å². The molecule has 0 amide bonds. The Morgan fingerprint density at radius 1 is 0.974 bits per heavy atom. The number of anilines is 1. The van der Waals surface area contributed by atoms with E-state index in [2.05, 4.69) is 4.98 Å². The van der Waals surface area contributed by atoms with Crippen molar-refractivity contribution < 1.29 is 22.5 Å². The monoisotopic (exact) mass is 531 g/mol. The van der Waals surface area contributed by atoms with Gasteiger partial charge in [-0.1, -0.05) is 34.8 Å². The van der Waals surface area contributed by atoms with E-state index >= 15 is 0 Å². The van der Waals surface area contributed by atoms with E-state index in [1.165, 1.54) is 22.6 Å². The molecular weight excluding hydrogens is 504 g/mol. The second-order valence-corrected chi connectivity index (χ2v) is 10.8. The fourth-order valence-corrected chi connectivity index (χ4v) is 5.85. The first kappa shape index (κ1) is 25.2. The van der Waals surface area contributed by atoms with Crippen molar-refractivity contribution in [3.63, 3.8) is 0 Å². The Morgan fingerprint density at radius 3 is 2.42 bits per heavy atom. The van der Waals surface area contributed by atoms with Crippen molar-refractivity contribution >= 4 is 32.3 Å². The zero-order valence-electron chi connectivity index (χ0n) is 21.2. The van der Waals surface area contributed by atoms with Crippen LogP contribution in [0.5, 0.6) is 11.5 Å². The van der Waals surface area contributed by atoms with Gasteiger partial charge in [-0.3, -0.25) is 9.20 Å². The Morgan fingerprint density at radius 2 is 1.71 bits per heavy atom. The molecule has 0 saturated carbocycles. The van der Waals surface area contributed by atoms with Crippen LogP contribution in [0.25, 0.3) is 16.7 Å². The molecule has 5 aromatic rings. The number of pyridine rings is 2. The molecule has 0 bridgehead atoms. The van der Waals surface area contributed by atoms with E-state index in [-0.39, 0.29) is 33.1 Å². The first-order valence-electron chi connectivity index (χ1n) is 11.9. The highest BCUT2D eigenvalue weighted by atomic mass is 32.2. The predicted octanol–water partition coefficient (Wildman–Crippen LogP) is 3.12. The van der Waals surface area contributed by atoms with Crippen LogP contribution in [0, 0.1) is 6.92 Å². The molecule has 0 atom stereocenters. The van der Waals surface area contributed by atoms with Crippen molar-refractivity contribution in [2.75, 3.05) is 20.0 Å². The molecule has 3 heterocycles. The number of methoxy groups -OCH3 is 2. The molecule has 0 aliphatic rings. The van der Waals surface area contributed by atoms with Crippen LogP contribution >= 0.6 is 0 Å². The van der Waals surface area contributed by atoms with Crippen LogP contribution in [0.15, 0.2) is 87.5 Å². The maximum atomic E-state index is 13.7. The number of nitrogen functional groups attached to an aromatic ring is 1. The molecule has 3 aromatic heterocycles. The number of fused-ring (bicyclic) bond motifs is 2. The maximum absolute atomic E-state index is 13.7. The summed E-state index contributed by atoms with van der Waals surface area (Å²) in [4.78, 5) is 18.1. The average molecular weight is 532 g/mol. The Bertz CT molecular complexity index is 1850. The standard InChI is InChI=1S/C28H26N4O5S/c1-18-7-10-20(11-8-18)38(34,35)24-17-21-27(30-25-6-4-5-14-31(25)28(21)33)32(26(24)29)15-13-19-9-12-22(36-2)23(16-19)37-3/h4-12,14,16-17,29H,13,15H2,1-3H3/p+1. The van der Waals surface area contributed by atoms with E-state index < -0.39 is 9.84 Å². The highest BCUT2D eigenvalue weighted by molar-refractivity contribution is 7.91. The topological polar surface area (TPSA) is 117 Å². The molecule has 38 heavy (non-hydrogen) atoms. The van der Waals surface area contributed by atoms with Gasteiger partial charge in [0, 0.05) is 12.6 Å². The minimum absolute atomic E-state index is 0.00531. The highest BCUT2D eigenvalue weighted by Crippen LogP contribution is 2.29. The van der Waals surface area contributed by atoms with Gasteiger partial charge in [-0.2, -0.15) is 0 Å². The maximum Gasteiger partial charge on any atom is 0.278 e. The Labute approximate surface area is 219 Å². The fraction of sp³-hybridized carbons (Fsp3) is 0.179. The highest BCUT2D eigenvalue weighted by Gasteiger charge is 2.29. The van der Waals surface area contributed by atoms with Crippen molar-refractivity contribution in [3.05, 3.63) is 94.4 Å². The Kier molecular flexibility index (Phi) is 6.50. The van der Waals surface area contributed by atoms with Gasteiger partial charge in [0.15, 0.2) is 11.5 Å². The van der Waals surface area contributed by atoms with E-state index in [1.807, 2.05) is 19.1 Å². The molecule has 10 heteroatoms. The molecule has 5 rings (SSSR count).